The highest BCUT2D eigenvalue weighted by atomic mass is 16.6. The predicted octanol–water partition coefficient (Wildman–Crippen LogP) is 3.28. The van der Waals surface area contributed by atoms with Gasteiger partial charge in [0.2, 0.25) is 0 Å². The lowest BCUT2D eigenvalue weighted by Crippen LogP contribution is -2.54. The Morgan fingerprint density at radius 2 is 2.18 bits per heavy atom. The standard InChI is InChI=1S/C17H25NO4/c1-5-9-13(6-2)10-7-8-11-17(3,4)22-16(20)18-14-12-21-15(14)19/h5-6,9,14H,1-2,7-8,10-12H2,3-4H3,(H,18,20)/b13-9+/t14-/m1/s1. The molecule has 1 N–H and O–H groups in total. The Hall–Kier alpha value is -2.04. The molecule has 0 radical (unpaired) electrons. The molecule has 1 aliphatic rings. The quantitative estimate of drug-likeness (QED) is 0.403. The third-order valence-corrected chi connectivity index (χ3v) is 3.43. The topological polar surface area (TPSA) is 64.6 Å². The molecule has 0 aromatic rings. The molecule has 0 aromatic heterocycles. The van der Waals surface area contributed by atoms with Crippen LogP contribution in [-0.4, -0.2) is 30.3 Å². The maximum atomic E-state index is 11.7. The minimum atomic E-state index is -0.579. The van der Waals surface area contributed by atoms with E-state index in [1.807, 2.05) is 26.0 Å². The number of esters is 1. The van der Waals surface area contributed by atoms with Crippen LogP contribution in [0.15, 0.2) is 37.0 Å². The van der Waals surface area contributed by atoms with Crippen molar-refractivity contribution in [1.82, 2.24) is 5.32 Å². The Labute approximate surface area is 132 Å². The summed E-state index contributed by atoms with van der Waals surface area (Å²) in [6.45, 7) is 11.4. The number of alkyl carbamates (subject to hydrolysis) is 1. The Kier molecular flexibility index (Phi) is 6.89. The Morgan fingerprint density at radius 1 is 1.45 bits per heavy atom. The molecular formula is C17H25NO4. The average molecular weight is 307 g/mol. The monoisotopic (exact) mass is 307 g/mol. The van der Waals surface area contributed by atoms with Crippen molar-refractivity contribution in [3.05, 3.63) is 37.0 Å². The summed E-state index contributed by atoms with van der Waals surface area (Å²) in [6, 6.07) is -0.567. The number of carbonyl (C=O) groups excluding carboxylic acids is 2. The van der Waals surface area contributed by atoms with Gasteiger partial charge in [-0.25, -0.2) is 9.59 Å². The van der Waals surface area contributed by atoms with Crippen LogP contribution in [0.3, 0.4) is 0 Å². The molecule has 5 nitrogen and oxygen atoms in total. The Balaban J connectivity index is 2.26. The normalized spacial score (nSPS) is 18.0. The van der Waals surface area contributed by atoms with E-state index in [0.717, 1.165) is 31.3 Å². The van der Waals surface area contributed by atoms with Gasteiger partial charge in [-0.1, -0.05) is 31.4 Å². The van der Waals surface area contributed by atoms with E-state index in [1.165, 1.54) is 0 Å². The van der Waals surface area contributed by atoms with Crippen molar-refractivity contribution in [3.8, 4) is 0 Å². The fourth-order valence-corrected chi connectivity index (χ4v) is 2.09. The molecule has 1 aliphatic heterocycles. The van der Waals surface area contributed by atoms with Crippen LogP contribution < -0.4 is 5.32 Å². The zero-order chi connectivity index (χ0) is 16.6. The highest BCUT2D eigenvalue weighted by Crippen LogP contribution is 2.20. The largest absolute Gasteiger partial charge is 0.461 e. The number of unbranched alkanes of at least 4 members (excludes halogenated alkanes) is 1. The molecule has 0 unspecified atom stereocenters. The molecule has 1 amide bonds. The van der Waals surface area contributed by atoms with Crippen molar-refractivity contribution in [1.29, 1.82) is 0 Å². The average Bonchev–Trinajstić information content (AvgIpc) is 2.46. The summed E-state index contributed by atoms with van der Waals surface area (Å²) in [6.07, 6.45) is 8.52. The van der Waals surface area contributed by atoms with Crippen LogP contribution in [0.1, 0.15) is 39.5 Å². The van der Waals surface area contributed by atoms with Crippen molar-refractivity contribution in [2.24, 2.45) is 0 Å². The first-order valence-corrected chi connectivity index (χ1v) is 7.48. The minimum Gasteiger partial charge on any atom is -0.461 e. The van der Waals surface area contributed by atoms with Gasteiger partial charge in [0.15, 0.2) is 6.04 Å². The second-order valence-electron chi connectivity index (χ2n) is 5.86. The van der Waals surface area contributed by atoms with Crippen LogP contribution in [0.2, 0.25) is 0 Å². The van der Waals surface area contributed by atoms with Gasteiger partial charge >= 0.3 is 12.1 Å². The van der Waals surface area contributed by atoms with Crippen LogP contribution in [-0.2, 0) is 14.3 Å². The molecule has 0 bridgehead atoms. The highest BCUT2D eigenvalue weighted by Gasteiger charge is 2.34. The fraction of sp³-hybridized carbons (Fsp3) is 0.529. The Morgan fingerprint density at radius 3 is 2.68 bits per heavy atom. The summed E-state index contributed by atoms with van der Waals surface area (Å²) in [5.41, 5.74) is 0.573. The first-order valence-electron chi connectivity index (χ1n) is 7.48. The summed E-state index contributed by atoms with van der Waals surface area (Å²) in [5, 5.41) is 2.49. The van der Waals surface area contributed by atoms with Gasteiger partial charge in [0.1, 0.15) is 12.2 Å². The van der Waals surface area contributed by atoms with Gasteiger partial charge in [0, 0.05) is 0 Å². The summed E-state index contributed by atoms with van der Waals surface area (Å²) >= 11 is 0. The van der Waals surface area contributed by atoms with Gasteiger partial charge in [-0.15, -0.1) is 0 Å². The molecule has 122 valence electrons. The molecule has 1 atom stereocenters. The van der Waals surface area contributed by atoms with E-state index in [1.54, 1.807) is 6.08 Å². The SMILES string of the molecule is C=C/C=C(\C=C)CCCCC(C)(C)OC(=O)N[C@@H]1COC1=O. The Bertz CT molecular complexity index is 465. The molecule has 0 aromatic carbocycles. The van der Waals surface area contributed by atoms with Crippen molar-refractivity contribution < 1.29 is 19.1 Å². The van der Waals surface area contributed by atoms with E-state index < -0.39 is 23.7 Å². The summed E-state index contributed by atoms with van der Waals surface area (Å²) in [4.78, 5) is 22.7. The number of ether oxygens (including phenoxy) is 2. The maximum absolute atomic E-state index is 11.7. The third-order valence-electron chi connectivity index (χ3n) is 3.43. The summed E-state index contributed by atoms with van der Waals surface area (Å²) in [7, 11) is 0. The number of carbonyl (C=O) groups is 2. The first-order chi connectivity index (χ1) is 10.4. The van der Waals surface area contributed by atoms with E-state index in [0.29, 0.717) is 0 Å². The van der Waals surface area contributed by atoms with Crippen LogP contribution in [0.4, 0.5) is 4.79 Å². The van der Waals surface area contributed by atoms with E-state index in [9.17, 15) is 9.59 Å². The lowest BCUT2D eigenvalue weighted by Gasteiger charge is -2.29. The number of allylic oxidation sites excluding steroid dienone is 4. The van der Waals surface area contributed by atoms with Crippen LogP contribution >= 0.6 is 0 Å². The second-order valence-corrected chi connectivity index (χ2v) is 5.86. The number of cyclic esters (lactones) is 1. The lowest BCUT2D eigenvalue weighted by atomic mass is 9.98. The van der Waals surface area contributed by atoms with Gasteiger partial charge in [0.25, 0.3) is 0 Å². The minimum absolute atomic E-state index is 0.217. The molecule has 1 heterocycles. The summed E-state index contributed by atoms with van der Waals surface area (Å²) in [5.74, 6) is -0.416. The van der Waals surface area contributed by atoms with Crippen molar-refractivity contribution in [2.45, 2.75) is 51.2 Å². The van der Waals surface area contributed by atoms with Crippen LogP contribution in [0.5, 0.6) is 0 Å². The van der Waals surface area contributed by atoms with Gasteiger partial charge in [-0.05, 0) is 45.1 Å². The predicted molar refractivity (Wildman–Crippen MR) is 85.4 cm³/mol. The van der Waals surface area contributed by atoms with Gasteiger partial charge < -0.3 is 14.8 Å². The van der Waals surface area contributed by atoms with Crippen molar-refractivity contribution >= 4 is 12.1 Å². The number of nitrogens with one attached hydrogen (secondary N) is 1. The van der Waals surface area contributed by atoms with Gasteiger partial charge in [0.05, 0.1) is 0 Å². The molecule has 22 heavy (non-hydrogen) atoms. The number of amides is 1. The van der Waals surface area contributed by atoms with E-state index >= 15 is 0 Å². The van der Waals surface area contributed by atoms with Crippen molar-refractivity contribution in [2.75, 3.05) is 6.61 Å². The third kappa shape index (κ3) is 6.16. The molecule has 0 saturated carbocycles. The number of hydrogen-bond acceptors (Lipinski definition) is 4. The molecule has 5 heteroatoms. The van der Waals surface area contributed by atoms with Crippen LogP contribution in [0, 0.1) is 0 Å². The highest BCUT2D eigenvalue weighted by molar-refractivity contribution is 5.85. The zero-order valence-corrected chi connectivity index (χ0v) is 13.4. The van der Waals surface area contributed by atoms with Gasteiger partial charge in [-0.2, -0.15) is 0 Å². The maximum Gasteiger partial charge on any atom is 0.408 e. The van der Waals surface area contributed by atoms with E-state index in [2.05, 4.69) is 23.2 Å². The molecule has 1 fully saturated rings. The van der Waals surface area contributed by atoms with E-state index in [4.69, 9.17) is 4.74 Å². The molecular weight excluding hydrogens is 282 g/mol. The smallest absolute Gasteiger partial charge is 0.408 e. The second kappa shape index (κ2) is 8.41. The van der Waals surface area contributed by atoms with Gasteiger partial charge in [-0.3, -0.25) is 0 Å². The molecule has 1 rings (SSSR count). The number of hydrogen-bond donors (Lipinski definition) is 1. The molecule has 0 aliphatic carbocycles. The van der Waals surface area contributed by atoms with E-state index in [-0.39, 0.29) is 6.61 Å². The molecule has 1 saturated heterocycles. The first kappa shape index (κ1) is 18.0. The lowest BCUT2D eigenvalue weighted by molar-refractivity contribution is -0.162. The van der Waals surface area contributed by atoms with Crippen molar-refractivity contribution in [3.63, 3.8) is 0 Å². The summed E-state index contributed by atoms with van der Waals surface area (Å²) < 4.78 is 9.94. The number of rotatable bonds is 9. The fourth-order valence-electron chi connectivity index (χ4n) is 2.09. The van der Waals surface area contributed by atoms with Crippen LogP contribution in [0.25, 0.3) is 0 Å². The molecule has 0 spiro atoms. The zero-order valence-electron chi connectivity index (χ0n) is 13.4.